The Morgan fingerprint density at radius 2 is 1.14 bits per heavy atom. The highest BCUT2D eigenvalue weighted by Crippen LogP contribution is 2.07. The van der Waals surface area contributed by atoms with Crippen molar-refractivity contribution in [3.8, 4) is 0 Å². The SMILES string of the molecule is CSCCC(NC(=O)C(N)CCC(=O)O)C(=O)NC(CCC(N)=O)C(=O)NC(CCC(N)=O)C(=O)O. The molecule has 0 saturated heterocycles. The van der Waals surface area contributed by atoms with Gasteiger partial charge < -0.3 is 43.4 Å². The molecule has 0 spiro atoms. The molecule has 36 heavy (non-hydrogen) atoms. The normalized spacial score (nSPS) is 13.9. The zero-order chi connectivity index (χ0) is 27.8. The first kappa shape index (κ1) is 32.6. The minimum Gasteiger partial charge on any atom is -0.481 e. The van der Waals surface area contributed by atoms with E-state index in [4.69, 9.17) is 22.3 Å². The largest absolute Gasteiger partial charge is 0.481 e. The highest BCUT2D eigenvalue weighted by Gasteiger charge is 2.30. The molecular formula is C20H34N6O9S. The zero-order valence-electron chi connectivity index (χ0n) is 19.9. The van der Waals surface area contributed by atoms with Gasteiger partial charge in [0.15, 0.2) is 0 Å². The lowest BCUT2D eigenvalue weighted by atomic mass is 10.1. The number of aliphatic carboxylic acids is 2. The van der Waals surface area contributed by atoms with Crippen molar-refractivity contribution in [1.82, 2.24) is 16.0 Å². The van der Waals surface area contributed by atoms with Crippen molar-refractivity contribution in [2.75, 3.05) is 12.0 Å². The summed E-state index contributed by atoms with van der Waals surface area (Å²) < 4.78 is 0. The summed E-state index contributed by atoms with van der Waals surface area (Å²) in [5, 5.41) is 25.0. The third-order valence-corrected chi connectivity index (χ3v) is 5.50. The van der Waals surface area contributed by atoms with Crippen molar-refractivity contribution >= 4 is 53.2 Å². The summed E-state index contributed by atoms with van der Waals surface area (Å²) in [5.74, 6) is -6.24. The molecule has 4 atom stereocenters. The Labute approximate surface area is 211 Å². The second kappa shape index (κ2) is 17.1. The lowest BCUT2D eigenvalue weighted by Crippen LogP contribution is -2.57. The van der Waals surface area contributed by atoms with Crippen LogP contribution in [0.2, 0.25) is 0 Å². The Morgan fingerprint density at radius 3 is 1.58 bits per heavy atom. The molecule has 0 aliphatic heterocycles. The second-order valence-electron chi connectivity index (χ2n) is 7.85. The molecule has 0 aliphatic carbocycles. The molecular weight excluding hydrogens is 500 g/mol. The number of thioether (sulfide) groups is 1. The van der Waals surface area contributed by atoms with E-state index in [-0.39, 0.29) is 44.9 Å². The number of carbonyl (C=O) groups is 7. The summed E-state index contributed by atoms with van der Waals surface area (Å²) in [6.07, 6.45) is 0.168. The molecule has 204 valence electrons. The van der Waals surface area contributed by atoms with Crippen molar-refractivity contribution in [2.45, 2.75) is 69.1 Å². The molecule has 0 radical (unpaired) electrons. The van der Waals surface area contributed by atoms with Gasteiger partial charge in [-0.1, -0.05) is 0 Å². The second-order valence-corrected chi connectivity index (χ2v) is 8.84. The van der Waals surface area contributed by atoms with E-state index < -0.39 is 65.6 Å². The first-order chi connectivity index (χ1) is 16.8. The fourth-order valence-corrected chi connectivity index (χ4v) is 3.31. The lowest BCUT2D eigenvalue weighted by molar-refractivity contribution is -0.143. The van der Waals surface area contributed by atoms with Gasteiger partial charge in [0, 0.05) is 19.3 Å². The number of rotatable bonds is 19. The summed E-state index contributed by atoms with van der Waals surface area (Å²) in [6, 6.07) is -5.23. The van der Waals surface area contributed by atoms with Crippen molar-refractivity contribution in [2.24, 2.45) is 17.2 Å². The van der Waals surface area contributed by atoms with E-state index in [1.807, 2.05) is 0 Å². The van der Waals surface area contributed by atoms with Gasteiger partial charge in [-0.15, -0.1) is 0 Å². The van der Waals surface area contributed by atoms with Crippen molar-refractivity contribution in [1.29, 1.82) is 0 Å². The minimum absolute atomic E-state index is 0.130. The maximum atomic E-state index is 12.9. The Hall–Kier alpha value is -3.40. The van der Waals surface area contributed by atoms with Crippen LogP contribution in [0.25, 0.3) is 0 Å². The van der Waals surface area contributed by atoms with Gasteiger partial charge in [-0.25, -0.2) is 4.79 Å². The number of carbonyl (C=O) groups excluding carboxylic acids is 5. The summed E-state index contributed by atoms with van der Waals surface area (Å²) >= 11 is 1.37. The lowest BCUT2D eigenvalue weighted by Gasteiger charge is -2.25. The van der Waals surface area contributed by atoms with Crippen LogP contribution in [-0.4, -0.2) is 87.9 Å². The fourth-order valence-electron chi connectivity index (χ4n) is 2.84. The average Bonchev–Trinajstić information content (AvgIpc) is 2.79. The number of hydrogen-bond acceptors (Lipinski definition) is 9. The third-order valence-electron chi connectivity index (χ3n) is 4.86. The van der Waals surface area contributed by atoms with E-state index in [9.17, 15) is 38.7 Å². The predicted molar refractivity (Wildman–Crippen MR) is 128 cm³/mol. The first-order valence-corrected chi connectivity index (χ1v) is 12.3. The quantitative estimate of drug-likeness (QED) is 0.0826. The highest BCUT2D eigenvalue weighted by molar-refractivity contribution is 7.98. The molecule has 0 bridgehead atoms. The van der Waals surface area contributed by atoms with Gasteiger partial charge in [-0.05, 0) is 37.7 Å². The molecule has 0 rings (SSSR count). The number of carboxylic acid groups (broad SMARTS) is 2. The van der Waals surface area contributed by atoms with Crippen LogP contribution < -0.4 is 33.2 Å². The van der Waals surface area contributed by atoms with E-state index in [1.54, 1.807) is 6.26 Å². The van der Waals surface area contributed by atoms with Crippen LogP contribution in [0.3, 0.4) is 0 Å². The average molecular weight is 535 g/mol. The molecule has 0 aromatic carbocycles. The number of nitrogens with two attached hydrogens (primary N) is 3. The Balaban J connectivity index is 5.53. The molecule has 15 nitrogen and oxygen atoms in total. The number of amides is 5. The number of carboxylic acids is 2. The van der Waals surface area contributed by atoms with Crippen LogP contribution in [0.4, 0.5) is 0 Å². The van der Waals surface area contributed by atoms with Crippen LogP contribution in [0, 0.1) is 0 Å². The van der Waals surface area contributed by atoms with Crippen LogP contribution in [-0.2, 0) is 33.6 Å². The number of nitrogens with one attached hydrogen (secondary N) is 3. The zero-order valence-corrected chi connectivity index (χ0v) is 20.7. The van der Waals surface area contributed by atoms with Crippen molar-refractivity contribution in [3.05, 3.63) is 0 Å². The van der Waals surface area contributed by atoms with E-state index in [1.165, 1.54) is 11.8 Å². The van der Waals surface area contributed by atoms with Crippen LogP contribution >= 0.6 is 11.8 Å². The van der Waals surface area contributed by atoms with Gasteiger partial charge in [0.25, 0.3) is 0 Å². The Bertz CT molecular complexity index is 825. The standard InChI is InChI=1S/C20H34N6O9S/c1-36-9-8-12(24-17(31)10(21)2-7-16(29)30)19(33)25-11(3-5-14(22)27)18(32)26-13(20(34)35)4-6-15(23)28/h10-13H,2-9,21H2,1H3,(H2,22,27)(H2,23,28)(H,24,31)(H,25,33)(H,26,32)(H,29,30)(H,34,35). The van der Waals surface area contributed by atoms with Crippen molar-refractivity contribution in [3.63, 3.8) is 0 Å². The molecule has 0 aliphatic rings. The van der Waals surface area contributed by atoms with Gasteiger partial charge >= 0.3 is 11.9 Å². The third kappa shape index (κ3) is 14.1. The molecule has 0 aromatic rings. The molecule has 0 fully saturated rings. The fraction of sp³-hybridized carbons (Fsp3) is 0.650. The predicted octanol–water partition coefficient (Wildman–Crippen LogP) is -3.00. The van der Waals surface area contributed by atoms with Gasteiger partial charge in [-0.2, -0.15) is 11.8 Å². The summed E-state index contributed by atoms with van der Waals surface area (Å²) in [5.41, 5.74) is 15.8. The topological polar surface area (TPSA) is 274 Å². The molecule has 0 aromatic heterocycles. The molecule has 11 N–H and O–H groups in total. The Kier molecular flexibility index (Phi) is 15.5. The van der Waals surface area contributed by atoms with Gasteiger partial charge in [0.05, 0.1) is 6.04 Å². The molecule has 16 heteroatoms. The molecule has 4 unspecified atom stereocenters. The molecule has 5 amide bonds. The molecule has 0 heterocycles. The summed E-state index contributed by atoms with van der Waals surface area (Å²) in [7, 11) is 0. The van der Waals surface area contributed by atoms with Crippen LogP contribution in [0.15, 0.2) is 0 Å². The van der Waals surface area contributed by atoms with E-state index in [0.717, 1.165) is 0 Å². The van der Waals surface area contributed by atoms with E-state index in [0.29, 0.717) is 5.75 Å². The number of primary amides is 2. The first-order valence-electron chi connectivity index (χ1n) is 10.9. The summed E-state index contributed by atoms with van der Waals surface area (Å²) in [4.78, 5) is 82.4. The maximum absolute atomic E-state index is 12.9. The molecule has 0 saturated carbocycles. The van der Waals surface area contributed by atoms with Gasteiger partial charge in [0.1, 0.15) is 18.1 Å². The van der Waals surface area contributed by atoms with Crippen LogP contribution in [0.1, 0.15) is 44.9 Å². The van der Waals surface area contributed by atoms with Gasteiger partial charge in [-0.3, -0.25) is 28.8 Å². The van der Waals surface area contributed by atoms with Crippen LogP contribution in [0.5, 0.6) is 0 Å². The van der Waals surface area contributed by atoms with E-state index in [2.05, 4.69) is 16.0 Å². The highest BCUT2D eigenvalue weighted by atomic mass is 32.2. The summed E-state index contributed by atoms with van der Waals surface area (Å²) in [6.45, 7) is 0. The number of hydrogen-bond donors (Lipinski definition) is 8. The van der Waals surface area contributed by atoms with Gasteiger partial charge in [0.2, 0.25) is 29.5 Å². The van der Waals surface area contributed by atoms with Crippen molar-refractivity contribution < 1.29 is 43.8 Å². The van der Waals surface area contributed by atoms with E-state index >= 15 is 0 Å². The Morgan fingerprint density at radius 1 is 0.694 bits per heavy atom. The monoisotopic (exact) mass is 534 g/mol. The smallest absolute Gasteiger partial charge is 0.326 e. The minimum atomic E-state index is -1.49. The maximum Gasteiger partial charge on any atom is 0.326 e.